The van der Waals surface area contributed by atoms with E-state index in [-0.39, 0.29) is 18.6 Å². The lowest BCUT2D eigenvalue weighted by Gasteiger charge is -2.26. The van der Waals surface area contributed by atoms with Gasteiger partial charge in [0.15, 0.2) is 0 Å². The van der Waals surface area contributed by atoms with Crippen LogP contribution in [0, 0.1) is 0 Å². The quantitative estimate of drug-likeness (QED) is 0.452. The minimum absolute atomic E-state index is 0.165. The molecule has 0 spiro atoms. The maximum Gasteiger partial charge on any atom is 0.325 e. The molecule has 1 aromatic rings. The van der Waals surface area contributed by atoms with Crippen molar-refractivity contribution >= 4 is 23.5 Å². The summed E-state index contributed by atoms with van der Waals surface area (Å²) >= 11 is 1.54. The van der Waals surface area contributed by atoms with Gasteiger partial charge in [0.05, 0.1) is 7.11 Å². The van der Waals surface area contributed by atoms with Crippen molar-refractivity contribution in [2.45, 2.75) is 24.9 Å². The number of ether oxygens (including phenoxy) is 1. The first kappa shape index (κ1) is 13.8. The topological polar surface area (TPSA) is 55.3 Å². The SMILES string of the molecule is COC(=O)CN(c1cc(SC)ncn1)C(C)C. The highest BCUT2D eigenvalue weighted by Gasteiger charge is 2.16. The Labute approximate surface area is 106 Å². The highest BCUT2D eigenvalue weighted by molar-refractivity contribution is 7.98. The lowest BCUT2D eigenvalue weighted by molar-refractivity contribution is -0.139. The van der Waals surface area contributed by atoms with Crippen molar-refractivity contribution in [1.29, 1.82) is 0 Å². The molecule has 0 atom stereocenters. The summed E-state index contributed by atoms with van der Waals surface area (Å²) in [7, 11) is 1.38. The van der Waals surface area contributed by atoms with Crippen molar-refractivity contribution in [3.05, 3.63) is 12.4 Å². The van der Waals surface area contributed by atoms with Crippen LogP contribution in [0.25, 0.3) is 0 Å². The first-order chi connectivity index (χ1) is 8.08. The molecule has 0 radical (unpaired) electrons. The van der Waals surface area contributed by atoms with Gasteiger partial charge < -0.3 is 9.64 Å². The van der Waals surface area contributed by atoms with E-state index < -0.39 is 0 Å². The van der Waals surface area contributed by atoms with Crippen LogP contribution in [0.3, 0.4) is 0 Å². The fourth-order valence-corrected chi connectivity index (χ4v) is 1.71. The van der Waals surface area contributed by atoms with Crippen molar-refractivity contribution in [3.8, 4) is 0 Å². The fourth-order valence-electron chi connectivity index (χ4n) is 1.33. The van der Waals surface area contributed by atoms with E-state index in [1.165, 1.54) is 13.4 Å². The number of carbonyl (C=O) groups excluding carboxylic acids is 1. The molecule has 1 rings (SSSR count). The summed E-state index contributed by atoms with van der Waals surface area (Å²) in [6.45, 7) is 4.20. The maximum atomic E-state index is 11.3. The third-order valence-electron chi connectivity index (χ3n) is 2.28. The lowest BCUT2D eigenvalue weighted by atomic mass is 10.3. The zero-order valence-electron chi connectivity index (χ0n) is 10.5. The van der Waals surface area contributed by atoms with Crippen molar-refractivity contribution in [2.75, 3.05) is 24.8 Å². The van der Waals surface area contributed by atoms with Crippen molar-refractivity contribution < 1.29 is 9.53 Å². The molecule has 6 heteroatoms. The molecule has 17 heavy (non-hydrogen) atoms. The molecule has 0 aliphatic heterocycles. The molecule has 0 unspecified atom stereocenters. The van der Waals surface area contributed by atoms with Gasteiger partial charge in [-0.15, -0.1) is 11.8 Å². The summed E-state index contributed by atoms with van der Waals surface area (Å²) in [4.78, 5) is 21.5. The van der Waals surface area contributed by atoms with Gasteiger partial charge in [0.2, 0.25) is 0 Å². The largest absolute Gasteiger partial charge is 0.468 e. The van der Waals surface area contributed by atoms with E-state index in [4.69, 9.17) is 0 Å². The fraction of sp³-hybridized carbons (Fsp3) is 0.545. The normalized spacial score (nSPS) is 10.4. The summed E-state index contributed by atoms with van der Waals surface area (Å²) in [6.07, 6.45) is 3.46. The molecule has 0 aromatic carbocycles. The van der Waals surface area contributed by atoms with Crippen LogP contribution in [0.15, 0.2) is 17.4 Å². The van der Waals surface area contributed by atoms with E-state index in [2.05, 4.69) is 14.7 Å². The van der Waals surface area contributed by atoms with Gasteiger partial charge in [0.1, 0.15) is 23.7 Å². The minimum atomic E-state index is -0.275. The van der Waals surface area contributed by atoms with Crippen LogP contribution in [-0.4, -0.2) is 41.9 Å². The number of hydrogen-bond donors (Lipinski definition) is 0. The number of carbonyl (C=O) groups is 1. The molecule has 1 aromatic heterocycles. The van der Waals surface area contributed by atoms with Gasteiger partial charge in [-0.2, -0.15) is 0 Å². The second kappa shape index (κ2) is 6.44. The number of esters is 1. The molecule has 0 aliphatic rings. The zero-order valence-corrected chi connectivity index (χ0v) is 11.3. The van der Waals surface area contributed by atoms with Gasteiger partial charge >= 0.3 is 5.97 Å². The predicted octanol–water partition coefficient (Wildman–Crippen LogP) is 1.59. The van der Waals surface area contributed by atoms with Crippen LogP contribution in [0.1, 0.15) is 13.8 Å². The molecule has 0 aliphatic carbocycles. The van der Waals surface area contributed by atoms with Gasteiger partial charge in [0, 0.05) is 12.1 Å². The lowest BCUT2D eigenvalue weighted by Crippen LogP contribution is -2.36. The van der Waals surface area contributed by atoms with Gasteiger partial charge in [-0.3, -0.25) is 4.79 Å². The third kappa shape index (κ3) is 3.89. The molecule has 0 saturated heterocycles. The van der Waals surface area contributed by atoms with Crippen molar-refractivity contribution in [1.82, 2.24) is 9.97 Å². The van der Waals surface area contributed by atoms with Crippen molar-refractivity contribution in [2.24, 2.45) is 0 Å². The summed E-state index contributed by atoms with van der Waals surface area (Å²) in [5, 5.41) is 0.880. The molecule has 1 heterocycles. The first-order valence-corrected chi connectivity index (χ1v) is 6.50. The smallest absolute Gasteiger partial charge is 0.325 e. The van der Waals surface area contributed by atoms with Gasteiger partial charge in [-0.1, -0.05) is 0 Å². The summed E-state index contributed by atoms with van der Waals surface area (Å²) < 4.78 is 4.68. The second-order valence-corrected chi connectivity index (χ2v) is 4.54. The molecule has 5 nitrogen and oxygen atoms in total. The van der Waals surface area contributed by atoms with E-state index in [0.29, 0.717) is 0 Å². The van der Waals surface area contributed by atoms with Crippen LogP contribution in [-0.2, 0) is 9.53 Å². The molecular formula is C11H17N3O2S. The molecule has 0 bridgehead atoms. The van der Waals surface area contributed by atoms with Gasteiger partial charge in [-0.25, -0.2) is 9.97 Å². The van der Waals surface area contributed by atoms with E-state index in [9.17, 15) is 4.79 Å². The number of hydrogen-bond acceptors (Lipinski definition) is 6. The Bertz CT molecular complexity index is 385. The van der Waals surface area contributed by atoms with E-state index >= 15 is 0 Å². The van der Waals surface area contributed by atoms with Gasteiger partial charge in [0.25, 0.3) is 0 Å². The average Bonchev–Trinajstić information content (AvgIpc) is 2.35. The second-order valence-electron chi connectivity index (χ2n) is 3.72. The Morgan fingerprint density at radius 1 is 1.53 bits per heavy atom. The number of aromatic nitrogens is 2. The van der Waals surface area contributed by atoms with Crippen LogP contribution < -0.4 is 4.90 Å². The van der Waals surface area contributed by atoms with E-state index in [1.807, 2.05) is 31.1 Å². The monoisotopic (exact) mass is 255 g/mol. The molecule has 0 N–H and O–H groups in total. The number of rotatable bonds is 5. The van der Waals surface area contributed by atoms with Crippen molar-refractivity contribution in [3.63, 3.8) is 0 Å². The Hall–Kier alpha value is -1.30. The van der Waals surface area contributed by atoms with Gasteiger partial charge in [-0.05, 0) is 20.1 Å². The van der Waals surface area contributed by atoms with Crippen LogP contribution >= 0.6 is 11.8 Å². The highest BCUT2D eigenvalue weighted by Crippen LogP contribution is 2.19. The Morgan fingerprint density at radius 3 is 2.76 bits per heavy atom. The van der Waals surface area contributed by atoms with Crippen LogP contribution in [0.2, 0.25) is 0 Å². The van der Waals surface area contributed by atoms with E-state index in [1.54, 1.807) is 11.8 Å². The molecule has 0 saturated carbocycles. The Kier molecular flexibility index (Phi) is 5.21. The zero-order chi connectivity index (χ0) is 12.8. The highest BCUT2D eigenvalue weighted by atomic mass is 32.2. The first-order valence-electron chi connectivity index (χ1n) is 5.28. The number of methoxy groups -OCH3 is 1. The van der Waals surface area contributed by atoms with Crippen LogP contribution in [0.5, 0.6) is 0 Å². The Balaban J connectivity index is 2.92. The molecule has 0 fully saturated rings. The number of thioether (sulfide) groups is 1. The molecule has 94 valence electrons. The third-order valence-corrected chi connectivity index (χ3v) is 2.92. The summed E-state index contributed by atoms with van der Waals surface area (Å²) in [5.41, 5.74) is 0. The number of anilines is 1. The predicted molar refractivity (Wildman–Crippen MR) is 68.3 cm³/mol. The Morgan fingerprint density at radius 2 is 2.24 bits per heavy atom. The average molecular weight is 255 g/mol. The molecule has 0 amide bonds. The standard InChI is InChI=1S/C11H17N3O2S/c1-8(2)14(6-11(15)16-3)9-5-10(17-4)13-7-12-9/h5,7-8H,6H2,1-4H3. The minimum Gasteiger partial charge on any atom is -0.468 e. The molecular weight excluding hydrogens is 238 g/mol. The number of nitrogens with zero attached hydrogens (tertiary/aromatic N) is 3. The summed E-state index contributed by atoms with van der Waals surface area (Å²) in [5.74, 6) is 0.466. The summed E-state index contributed by atoms with van der Waals surface area (Å²) in [6, 6.07) is 2.03. The maximum absolute atomic E-state index is 11.3. The van der Waals surface area contributed by atoms with Crippen LogP contribution in [0.4, 0.5) is 5.82 Å². The van der Waals surface area contributed by atoms with E-state index in [0.717, 1.165) is 10.8 Å².